The molecular formula is C14H21N3S. The lowest BCUT2D eigenvalue weighted by Gasteiger charge is -2.12. The van der Waals surface area contributed by atoms with Gasteiger partial charge >= 0.3 is 0 Å². The normalized spacial score (nSPS) is 30.7. The predicted octanol–water partition coefficient (Wildman–Crippen LogP) is 2.72. The van der Waals surface area contributed by atoms with Crippen LogP contribution < -0.4 is 5.32 Å². The molecule has 2 fully saturated rings. The molecule has 98 valence electrons. The van der Waals surface area contributed by atoms with Gasteiger partial charge in [0.05, 0.1) is 0 Å². The lowest BCUT2D eigenvalue weighted by molar-refractivity contribution is 0.518. The molecule has 4 heteroatoms. The molecule has 2 heterocycles. The first-order valence-corrected chi connectivity index (χ1v) is 7.90. The molecule has 2 aliphatic rings. The van der Waals surface area contributed by atoms with Crippen molar-refractivity contribution in [2.24, 2.45) is 5.92 Å². The third-order valence-electron chi connectivity index (χ3n) is 4.07. The fourth-order valence-corrected chi connectivity index (χ4v) is 4.39. The zero-order chi connectivity index (χ0) is 12.5. The van der Waals surface area contributed by atoms with Crippen molar-refractivity contribution in [3.05, 3.63) is 17.6 Å². The van der Waals surface area contributed by atoms with E-state index in [0.29, 0.717) is 6.04 Å². The van der Waals surface area contributed by atoms with Crippen molar-refractivity contribution in [1.29, 1.82) is 0 Å². The highest BCUT2D eigenvalue weighted by Gasteiger charge is 2.36. The Morgan fingerprint density at radius 2 is 2.22 bits per heavy atom. The second kappa shape index (κ2) is 5.17. The summed E-state index contributed by atoms with van der Waals surface area (Å²) >= 11 is 1.87. The Morgan fingerprint density at radius 3 is 3.00 bits per heavy atom. The van der Waals surface area contributed by atoms with Gasteiger partial charge in [0.1, 0.15) is 10.9 Å². The van der Waals surface area contributed by atoms with Gasteiger partial charge in [-0.25, -0.2) is 9.97 Å². The molecule has 0 aromatic carbocycles. The van der Waals surface area contributed by atoms with E-state index in [2.05, 4.69) is 21.4 Å². The van der Waals surface area contributed by atoms with E-state index in [1.807, 2.05) is 25.6 Å². The van der Waals surface area contributed by atoms with E-state index >= 15 is 0 Å². The smallest absolute Gasteiger partial charge is 0.126 e. The third-order valence-corrected chi connectivity index (χ3v) is 5.14. The molecule has 1 aromatic rings. The zero-order valence-electron chi connectivity index (χ0n) is 11.1. The van der Waals surface area contributed by atoms with Crippen LogP contribution in [-0.4, -0.2) is 27.8 Å². The molecule has 1 saturated carbocycles. The van der Waals surface area contributed by atoms with Crippen molar-refractivity contribution in [3.63, 3.8) is 0 Å². The molecule has 3 atom stereocenters. The summed E-state index contributed by atoms with van der Waals surface area (Å²) in [7, 11) is 0. The average Bonchev–Trinajstić information content (AvgIpc) is 2.84. The van der Waals surface area contributed by atoms with Crippen LogP contribution in [0, 0.1) is 19.8 Å². The van der Waals surface area contributed by atoms with E-state index in [9.17, 15) is 0 Å². The van der Waals surface area contributed by atoms with Crippen LogP contribution in [0.2, 0.25) is 0 Å². The summed E-state index contributed by atoms with van der Waals surface area (Å²) < 4.78 is 0. The zero-order valence-corrected chi connectivity index (χ0v) is 12.0. The van der Waals surface area contributed by atoms with Crippen LogP contribution in [0.15, 0.2) is 11.1 Å². The monoisotopic (exact) mass is 263 g/mol. The number of nitrogens with zero attached hydrogens (tertiary/aromatic N) is 2. The van der Waals surface area contributed by atoms with Gasteiger partial charge in [-0.1, -0.05) is 6.42 Å². The van der Waals surface area contributed by atoms with Crippen molar-refractivity contribution >= 4 is 11.8 Å². The van der Waals surface area contributed by atoms with Gasteiger partial charge in [0.15, 0.2) is 0 Å². The SMILES string of the molecule is Cc1cc(SC[C@@H]2C[C@@H]3CCC[C@@H]3N2)nc(C)n1. The van der Waals surface area contributed by atoms with Crippen molar-refractivity contribution in [2.45, 2.75) is 56.6 Å². The Balaban J connectivity index is 1.55. The molecule has 3 rings (SSSR count). The van der Waals surface area contributed by atoms with Crippen LogP contribution >= 0.6 is 11.8 Å². The van der Waals surface area contributed by atoms with Gasteiger partial charge in [-0.2, -0.15) is 0 Å². The van der Waals surface area contributed by atoms with Gasteiger partial charge in [-0.15, -0.1) is 11.8 Å². The molecule has 0 spiro atoms. The first-order valence-electron chi connectivity index (χ1n) is 6.92. The maximum Gasteiger partial charge on any atom is 0.126 e. The highest BCUT2D eigenvalue weighted by Crippen LogP contribution is 2.36. The summed E-state index contributed by atoms with van der Waals surface area (Å²) in [5.41, 5.74) is 1.07. The van der Waals surface area contributed by atoms with Crippen molar-refractivity contribution in [1.82, 2.24) is 15.3 Å². The number of rotatable bonds is 3. The minimum atomic E-state index is 0.681. The molecule has 0 amide bonds. The maximum absolute atomic E-state index is 4.49. The minimum absolute atomic E-state index is 0.681. The quantitative estimate of drug-likeness (QED) is 0.672. The van der Waals surface area contributed by atoms with Crippen molar-refractivity contribution in [2.75, 3.05) is 5.75 Å². The molecule has 1 N–H and O–H groups in total. The van der Waals surface area contributed by atoms with Crippen molar-refractivity contribution < 1.29 is 0 Å². The highest BCUT2D eigenvalue weighted by atomic mass is 32.2. The average molecular weight is 263 g/mol. The van der Waals surface area contributed by atoms with Gasteiger partial charge < -0.3 is 5.32 Å². The number of aryl methyl sites for hydroxylation is 2. The number of thioether (sulfide) groups is 1. The van der Waals surface area contributed by atoms with E-state index in [1.54, 1.807) is 0 Å². The number of fused-ring (bicyclic) bond motifs is 1. The molecule has 1 aliphatic heterocycles. The summed E-state index contributed by atoms with van der Waals surface area (Å²) in [5.74, 6) is 2.97. The Hall–Kier alpha value is -0.610. The van der Waals surface area contributed by atoms with Crippen LogP contribution in [0.5, 0.6) is 0 Å². The van der Waals surface area contributed by atoms with Crippen LogP contribution in [-0.2, 0) is 0 Å². The largest absolute Gasteiger partial charge is 0.310 e. The lowest BCUT2D eigenvalue weighted by Crippen LogP contribution is -2.30. The molecule has 0 unspecified atom stereocenters. The number of nitrogens with one attached hydrogen (secondary N) is 1. The van der Waals surface area contributed by atoms with Crippen LogP contribution in [0.4, 0.5) is 0 Å². The second-order valence-corrected chi connectivity index (χ2v) is 6.64. The molecule has 18 heavy (non-hydrogen) atoms. The Bertz CT molecular complexity index is 403. The van der Waals surface area contributed by atoms with Crippen LogP contribution in [0.1, 0.15) is 37.2 Å². The molecule has 1 aromatic heterocycles. The summed E-state index contributed by atoms with van der Waals surface area (Å²) in [6.07, 6.45) is 5.61. The topological polar surface area (TPSA) is 37.8 Å². The van der Waals surface area contributed by atoms with Gasteiger partial charge in [-0.05, 0) is 45.1 Å². The number of hydrogen-bond donors (Lipinski definition) is 1. The van der Waals surface area contributed by atoms with E-state index in [4.69, 9.17) is 0 Å². The summed E-state index contributed by atoms with van der Waals surface area (Å²) in [6, 6.07) is 3.58. The van der Waals surface area contributed by atoms with E-state index < -0.39 is 0 Å². The van der Waals surface area contributed by atoms with Gasteiger partial charge in [0, 0.05) is 23.5 Å². The summed E-state index contributed by atoms with van der Waals surface area (Å²) in [4.78, 5) is 8.81. The second-order valence-electron chi connectivity index (χ2n) is 5.60. The highest BCUT2D eigenvalue weighted by molar-refractivity contribution is 7.99. The summed E-state index contributed by atoms with van der Waals surface area (Å²) in [6.45, 7) is 4.01. The fraction of sp³-hybridized carbons (Fsp3) is 0.714. The van der Waals surface area contributed by atoms with E-state index in [-0.39, 0.29) is 0 Å². The standard InChI is InChI=1S/C14H21N3S/c1-9-6-14(16-10(2)15-9)18-8-12-7-11-4-3-5-13(11)17-12/h6,11-13,17H,3-5,7-8H2,1-2H3/t11-,12-,13-/m0/s1. The third kappa shape index (κ3) is 2.69. The fourth-order valence-electron chi connectivity index (χ4n) is 3.33. The minimum Gasteiger partial charge on any atom is -0.310 e. The number of hydrogen-bond acceptors (Lipinski definition) is 4. The van der Waals surface area contributed by atoms with Gasteiger partial charge in [-0.3, -0.25) is 0 Å². The maximum atomic E-state index is 4.49. The van der Waals surface area contributed by atoms with E-state index in [0.717, 1.165) is 34.3 Å². The Morgan fingerprint density at radius 1 is 1.33 bits per heavy atom. The lowest BCUT2D eigenvalue weighted by atomic mass is 10.0. The molecule has 1 saturated heterocycles. The predicted molar refractivity (Wildman–Crippen MR) is 74.9 cm³/mol. The molecule has 0 bridgehead atoms. The first kappa shape index (κ1) is 12.4. The summed E-state index contributed by atoms with van der Waals surface area (Å²) in [5, 5.41) is 4.91. The molecular weight excluding hydrogens is 242 g/mol. The van der Waals surface area contributed by atoms with Crippen LogP contribution in [0.25, 0.3) is 0 Å². The van der Waals surface area contributed by atoms with Crippen LogP contribution in [0.3, 0.4) is 0 Å². The Kier molecular flexibility index (Phi) is 3.57. The molecule has 0 radical (unpaired) electrons. The number of aromatic nitrogens is 2. The van der Waals surface area contributed by atoms with Crippen molar-refractivity contribution in [3.8, 4) is 0 Å². The van der Waals surface area contributed by atoms with E-state index in [1.165, 1.54) is 25.7 Å². The van der Waals surface area contributed by atoms with Gasteiger partial charge in [0.25, 0.3) is 0 Å². The Labute approximate surface area is 113 Å². The molecule has 1 aliphatic carbocycles. The van der Waals surface area contributed by atoms with Gasteiger partial charge in [0.2, 0.25) is 0 Å². The first-order chi connectivity index (χ1) is 8.70. The molecule has 3 nitrogen and oxygen atoms in total.